The fourth-order valence-corrected chi connectivity index (χ4v) is 0.816. The van der Waals surface area contributed by atoms with Gasteiger partial charge in [0, 0.05) is 0 Å². The molecule has 0 spiro atoms. The summed E-state index contributed by atoms with van der Waals surface area (Å²) in [6.45, 7) is 11.9. The zero-order chi connectivity index (χ0) is 16.5. The van der Waals surface area contributed by atoms with Crippen LogP contribution >= 0.6 is 0 Å². The molecule has 16 N–H and O–H groups in total. The monoisotopic (exact) mass is 364 g/mol. The van der Waals surface area contributed by atoms with E-state index in [-0.39, 0.29) is 21.9 Å². The molecule has 0 amide bonds. The van der Waals surface area contributed by atoms with Crippen molar-refractivity contribution in [2.45, 2.75) is 79.1 Å². The summed E-state index contributed by atoms with van der Waals surface area (Å²) in [6.07, 6.45) is 9.54. The molecule has 24 heavy (non-hydrogen) atoms. The average Bonchev–Trinajstić information content (AvgIpc) is 2.44. The van der Waals surface area contributed by atoms with E-state index < -0.39 is 0 Å². The molecule has 0 aromatic heterocycles. The van der Waals surface area contributed by atoms with E-state index in [1.807, 2.05) is 0 Å². The minimum atomic E-state index is 0. The predicted octanol–water partition coefficient (Wildman–Crippen LogP) is -0.318. The van der Waals surface area contributed by atoms with Gasteiger partial charge >= 0.3 is 0 Å². The van der Waals surface area contributed by atoms with Gasteiger partial charge in [0.1, 0.15) is 0 Å². The largest absolute Gasteiger partial charge is 0.412 e. The van der Waals surface area contributed by atoms with Crippen molar-refractivity contribution in [3.63, 3.8) is 0 Å². The van der Waals surface area contributed by atoms with Crippen LogP contribution in [0.2, 0.25) is 0 Å². The molecule has 0 saturated heterocycles. The van der Waals surface area contributed by atoms with Gasteiger partial charge < -0.3 is 44.8 Å². The third-order valence-corrected chi connectivity index (χ3v) is 2.23. The van der Waals surface area contributed by atoms with Crippen molar-refractivity contribution in [2.75, 3.05) is 26.2 Å². The molecule has 0 unspecified atom stereocenters. The van der Waals surface area contributed by atoms with E-state index in [4.69, 9.17) is 22.9 Å². The van der Waals surface area contributed by atoms with Crippen molar-refractivity contribution in [2.24, 2.45) is 22.9 Å². The van der Waals surface area contributed by atoms with Crippen LogP contribution in [0.3, 0.4) is 0 Å². The molecule has 0 bridgehead atoms. The Morgan fingerprint density at radius 1 is 0.375 bits per heavy atom. The molecule has 0 rings (SSSR count). The molecular weight excluding hydrogens is 312 g/mol. The summed E-state index contributed by atoms with van der Waals surface area (Å²) in [5.74, 6) is 0. The molecule has 0 saturated carbocycles. The second-order valence-electron chi connectivity index (χ2n) is 4.57. The molecule has 8 nitrogen and oxygen atoms in total. The molecule has 0 fully saturated rings. The first-order chi connectivity index (χ1) is 9.66. The first-order valence-corrected chi connectivity index (χ1v) is 8.46. The van der Waals surface area contributed by atoms with E-state index in [1.54, 1.807) is 0 Å². The van der Waals surface area contributed by atoms with Crippen molar-refractivity contribution < 1.29 is 21.9 Å². The van der Waals surface area contributed by atoms with Crippen molar-refractivity contribution in [3.05, 3.63) is 0 Å². The zero-order valence-electron chi connectivity index (χ0n) is 16.8. The number of rotatable bonds is 8. The summed E-state index contributed by atoms with van der Waals surface area (Å²) in [4.78, 5) is 0. The van der Waals surface area contributed by atoms with Gasteiger partial charge in [-0.05, 0) is 51.9 Å². The topological polar surface area (TPSA) is 230 Å². The summed E-state index contributed by atoms with van der Waals surface area (Å²) in [5, 5.41) is 0. The number of unbranched alkanes of at least 4 members (excludes halogenated alkanes) is 4. The molecule has 0 aromatic carbocycles. The first-order valence-electron chi connectivity index (χ1n) is 8.46. The minimum Gasteiger partial charge on any atom is -0.412 e. The highest BCUT2D eigenvalue weighted by atomic mass is 16.0. The predicted molar refractivity (Wildman–Crippen MR) is 110 cm³/mol. The highest BCUT2D eigenvalue weighted by Gasteiger charge is 1.69. The molecule has 160 valence electrons. The van der Waals surface area contributed by atoms with Gasteiger partial charge in [-0.1, -0.05) is 53.4 Å². The Morgan fingerprint density at radius 3 is 0.500 bits per heavy atom. The second kappa shape index (κ2) is 78.1. The average molecular weight is 365 g/mol. The van der Waals surface area contributed by atoms with Crippen LogP contribution in [0.4, 0.5) is 0 Å². The summed E-state index contributed by atoms with van der Waals surface area (Å²) in [7, 11) is 0. The van der Waals surface area contributed by atoms with Crippen LogP contribution in [0.5, 0.6) is 0 Å². The standard InChI is InChI=1S/4C4H11N.4H2O/c4*1-2-3-4-5;;;;/h4*2-5H2,1H3;4*1H2. The smallest absolute Gasteiger partial charge is 0.00774 e. The normalized spacial score (nSPS) is 7.00. The molecule has 0 aliphatic carbocycles. The van der Waals surface area contributed by atoms with Crippen LogP contribution in [0.25, 0.3) is 0 Å². The van der Waals surface area contributed by atoms with E-state index in [1.165, 1.54) is 51.4 Å². The van der Waals surface area contributed by atoms with Crippen LogP contribution in [0, 0.1) is 0 Å². The van der Waals surface area contributed by atoms with Crippen molar-refractivity contribution in [1.29, 1.82) is 0 Å². The number of nitrogens with two attached hydrogens (primary N) is 4. The first kappa shape index (κ1) is 49.5. The Labute approximate surface area is 151 Å². The maximum absolute atomic E-state index is 5.14. The van der Waals surface area contributed by atoms with Crippen LogP contribution in [-0.2, 0) is 0 Å². The molecule has 0 heterocycles. The molecule has 0 radical (unpaired) electrons. The molecule has 0 atom stereocenters. The molecular formula is C16H52N4O4. The summed E-state index contributed by atoms with van der Waals surface area (Å²) >= 11 is 0. The third-order valence-electron chi connectivity index (χ3n) is 2.23. The Bertz CT molecular complexity index is 84.1. The second-order valence-corrected chi connectivity index (χ2v) is 4.57. The van der Waals surface area contributed by atoms with Gasteiger partial charge in [0.15, 0.2) is 0 Å². The van der Waals surface area contributed by atoms with Crippen molar-refractivity contribution >= 4 is 0 Å². The van der Waals surface area contributed by atoms with Gasteiger partial charge in [-0.25, -0.2) is 0 Å². The van der Waals surface area contributed by atoms with E-state index >= 15 is 0 Å². The maximum atomic E-state index is 5.14. The van der Waals surface area contributed by atoms with Crippen molar-refractivity contribution in [3.8, 4) is 0 Å². The van der Waals surface area contributed by atoms with E-state index in [0.717, 1.165) is 26.2 Å². The SMILES string of the molecule is CCCCN.CCCCN.CCCCN.CCCCN.O.O.O.O. The van der Waals surface area contributed by atoms with E-state index in [0.29, 0.717) is 0 Å². The Morgan fingerprint density at radius 2 is 0.500 bits per heavy atom. The summed E-state index contributed by atoms with van der Waals surface area (Å²) < 4.78 is 0. The summed E-state index contributed by atoms with van der Waals surface area (Å²) in [5.41, 5.74) is 20.6. The van der Waals surface area contributed by atoms with Gasteiger partial charge in [0.05, 0.1) is 0 Å². The quantitative estimate of drug-likeness (QED) is 0.453. The number of hydrogen-bond acceptors (Lipinski definition) is 4. The van der Waals surface area contributed by atoms with Crippen LogP contribution in [0.15, 0.2) is 0 Å². The van der Waals surface area contributed by atoms with Crippen LogP contribution in [-0.4, -0.2) is 48.1 Å². The van der Waals surface area contributed by atoms with Crippen LogP contribution in [0.1, 0.15) is 79.1 Å². The third kappa shape index (κ3) is 157. The molecule has 0 aliphatic rings. The lowest BCUT2D eigenvalue weighted by Gasteiger charge is -1.80. The highest BCUT2D eigenvalue weighted by molar-refractivity contribution is 4.30. The van der Waals surface area contributed by atoms with Gasteiger partial charge in [0.2, 0.25) is 0 Å². The fourth-order valence-electron chi connectivity index (χ4n) is 0.816. The van der Waals surface area contributed by atoms with Crippen LogP contribution < -0.4 is 22.9 Å². The van der Waals surface area contributed by atoms with Gasteiger partial charge in [0.25, 0.3) is 0 Å². The Balaban J connectivity index is -0.0000000225. The van der Waals surface area contributed by atoms with E-state index in [9.17, 15) is 0 Å². The number of hydrogen-bond donors (Lipinski definition) is 4. The Kier molecular flexibility index (Phi) is 161. The molecule has 0 aromatic rings. The zero-order valence-corrected chi connectivity index (χ0v) is 16.8. The fraction of sp³-hybridized carbons (Fsp3) is 1.00. The minimum absolute atomic E-state index is 0. The van der Waals surface area contributed by atoms with Gasteiger partial charge in [-0.15, -0.1) is 0 Å². The lowest BCUT2D eigenvalue weighted by atomic mass is 10.3. The highest BCUT2D eigenvalue weighted by Crippen LogP contribution is 1.78. The molecule has 8 heteroatoms. The molecule has 0 aliphatic heterocycles. The lowest BCUT2D eigenvalue weighted by Crippen LogP contribution is -1.95. The van der Waals surface area contributed by atoms with E-state index in [2.05, 4.69) is 27.7 Å². The lowest BCUT2D eigenvalue weighted by molar-refractivity contribution is 0.807. The maximum Gasteiger partial charge on any atom is -0.00774 e. The summed E-state index contributed by atoms with van der Waals surface area (Å²) in [6, 6.07) is 0. The van der Waals surface area contributed by atoms with Crippen molar-refractivity contribution in [1.82, 2.24) is 0 Å². The van der Waals surface area contributed by atoms with Gasteiger partial charge in [-0.2, -0.15) is 0 Å². The Hall–Kier alpha value is -0.320. The van der Waals surface area contributed by atoms with Gasteiger partial charge in [-0.3, -0.25) is 0 Å².